The number of alkyl carbamates (subject to hydrolysis) is 2. The quantitative estimate of drug-likeness (QED) is 0.0438. The fourth-order valence-electron chi connectivity index (χ4n) is 4.67. The lowest BCUT2D eigenvalue weighted by atomic mass is 10.1. The fourth-order valence-corrected chi connectivity index (χ4v) is 5.84. The van der Waals surface area contributed by atoms with Gasteiger partial charge in [-0.25, -0.2) is 19.6 Å². The molecule has 16 nitrogen and oxygen atoms in total. The Balaban J connectivity index is 0.000000358. The second-order valence-corrected chi connectivity index (χ2v) is 16.2. The van der Waals surface area contributed by atoms with Crippen LogP contribution in [0.3, 0.4) is 0 Å². The van der Waals surface area contributed by atoms with Crippen molar-refractivity contribution in [1.82, 2.24) is 20.6 Å². The van der Waals surface area contributed by atoms with E-state index < -0.39 is 53.5 Å². The van der Waals surface area contributed by atoms with Crippen LogP contribution in [0.25, 0.3) is 22.6 Å². The number of amides is 2. The van der Waals surface area contributed by atoms with Gasteiger partial charge in [-0.3, -0.25) is 9.59 Å². The largest absolute Gasteiger partial charge is 0.460 e. The first-order valence-corrected chi connectivity index (χ1v) is 20.0. The van der Waals surface area contributed by atoms with Crippen molar-refractivity contribution in [2.75, 3.05) is 13.2 Å². The number of benzene rings is 2. The number of halogens is 4. The number of oxazole rings is 2. The van der Waals surface area contributed by atoms with Crippen molar-refractivity contribution < 1.29 is 56.9 Å². The van der Waals surface area contributed by atoms with Gasteiger partial charge in [0.25, 0.3) is 0 Å². The van der Waals surface area contributed by atoms with E-state index in [1.165, 1.54) is 24.7 Å². The van der Waals surface area contributed by atoms with Crippen molar-refractivity contribution in [3.05, 3.63) is 106 Å². The van der Waals surface area contributed by atoms with Crippen molar-refractivity contribution in [3.8, 4) is 22.6 Å². The number of aliphatic hydroxyl groups excluding tert-OH is 1. The molecule has 3 N–H and O–H groups in total. The lowest BCUT2D eigenvalue weighted by Gasteiger charge is -2.24. The molecule has 0 aliphatic carbocycles. The second-order valence-electron chi connectivity index (χ2n) is 14.6. The molecule has 0 spiro atoms. The molecule has 2 aromatic heterocycles. The van der Waals surface area contributed by atoms with Crippen LogP contribution in [-0.2, 0) is 33.3 Å². The number of nitrogens with one attached hydrogen (secondary N) is 2. The molecule has 336 valence electrons. The van der Waals surface area contributed by atoms with E-state index in [1.54, 1.807) is 84.1 Å². The van der Waals surface area contributed by atoms with E-state index in [4.69, 9.17) is 69.4 Å². The average Bonchev–Trinajstić information content (AvgIpc) is 3.88. The molecule has 2 amide bonds. The first-order chi connectivity index (χ1) is 29.1. The van der Waals surface area contributed by atoms with E-state index in [1.807, 2.05) is 0 Å². The average molecular weight is 943 g/mol. The molecule has 4 aromatic rings. The zero-order chi connectivity index (χ0) is 46.6. The van der Waals surface area contributed by atoms with E-state index in [2.05, 4.69) is 38.5 Å². The fraction of sp³-hybridized carbons (Fsp3) is 0.357. The second kappa shape index (κ2) is 25.5. The SMILES string of the molecule is C=CCOC(=O)N[C@@H](CC(=O)OC(C)(C)C)C(O)c1ncc(-c2c(Cl)cccc2Cl)o1.C=CCOC(=O)N[C@H](C=O)CC(=O)OC(C)(C)C.Clc1cccc(Cl)c1-c1cnco1. The molecule has 0 fully saturated rings. The summed E-state index contributed by atoms with van der Waals surface area (Å²) < 4.78 is 30.5. The Hall–Kier alpha value is -5.39. The van der Waals surface area contributed by atoms with Crippen molar-refractivity contribution in [2.45, 2.75) is 83.8 Å². The van der Waals surface area contributed by atoms with Gasteiger partial charge < -0.3 is 48.3 Å². The summed E-state index contributed by atoms with van der Waals surface area (Å²) in [6, 6.07) is 8.13. The highest BCUT2D eigenvalue weighted by molar-refractivity contribution is 6.39. The highest BCUT2D eigenvalue weighted by Crippen LogP contribution is 2.36. The maximum atomic E-state index is 12.3. The molecular weight excluding hydrogens is 894 g/mol. The zero-order valence-corrected chi connectivity index (χ0v) is 37.8. The third-order valence-electron chi connectivity index (χ3n) is 7.06. The smallest absolute Gasteiger partial charge is 0.408 e. The number of carbonyl (C=O) groups excluding carboxylic acids is 5. The molecule has 0 saturated heterocycles. The van der Waals surface area contributed by atoms with Gasteiger partial charge >= 0.3 is 24.1 Å². The molecule has 62 heavy (non-hydrogen) atoms. The number of hydrogen-bond donors (Lipinski definition) is 3. The minimum absolute atomic E-state index is 0.0316. The van der Waals surface area contributed by atoms with Crippen LogP contribution in [0, 0.1) is 0 Å². The van der Waals surface area contributed by atoms with Crippen LogP contribution in [0.4, 0.5) is 9.59 Å². The van der Waals surface area contributed by atoms with Gasteiger partial charge in [-0.2, -0.15) is 0 Å². The number of carbonyl (C=O) groups is 5. The van der Waals surface area contributed by atoms with Gasteiger partial charge in [-0.15, -0.1) is 0 Å². The van der Waals surface area contributed by atoms with Crippen LogP contribution >= 0.6 is 46.4 Å². The van der Waals surface area contributed by atoms with Crippen LogP contribution in [0.2, 0.25) is 20.1 Å². The lowest BCUT2D eigenvalue weighted by Crippen LogP contribution is -2.42. The van der Waals surface area contributed by atoms with Gasteiger partial charge in [0.15, 0.2) is 24.0 Å². The van der Waals surface area contributed by atoms with Gasteiger partial charge in [-0.1, -0.05) is 83.8 Å². The number of nitrogens with zero attached hydrogens (tertiary/aromatic N) is 2. The number of rotatable bonds is 15. The van der Waals surface area contributed by atoms with Crippen molar-refractivity contribution in [2.24, 2.45) is 0 Å². The number of ether oxygens (including phenoxy) is 4. The Kier molecular flexibility index (Phi) is 21.7. The van der Waals surface area contributed by atoms with Gasteiger partial charge in [-0.05, 0) is 65.8 Å². The molecule has 0 aliphatic rings. The number of aromatic nitrogens is 2. The summed E-state index contributed by atoms with van der Waals surface area (Å²) in [6.07, 6.45) is 3.78. The summed E-state index contributed by atoms with van der Waals surface area (Å²) in [5, 5.41) is 17.2. The monoisotopic (exact) mass is 940 g/mol. The molecule has 20 heteroatoms. The number of esters is 2. The molecule has 4 rings (SSSR count). The van der Waals surface area contributed by atoms with Crippen molar-refractivity contribution >= 4 is 76.8 Å². The Morgan fingerprint density at radius 2 is 1.23 bits per heavy atom. The topological polar surface area (TPSA) is 219 Å². The molecule has 2 aromatic carbocycles. The molecule has 0 aliphatic heterocycles. The summed E-state index contributed by atoms with van der Waals surface area (Å²) >= 11 is 24.3. The minimum Gasteiger partial charge on any atom is -0.460 e. The summed E-state index contributed by atoms with van der Waals surface area (Å²) in [5.74, 6) is -0.556. The van der Waals surface area contributed by atoms with Crippen LogP contribution in [-0.4, -0.2) is 82.0 Å². The minimum atomic E-state index is -1.49. The van der Waals surface area contributed by atoms with Crippen molar-refractivity contribution in [3.63, 3.8) is 0 Å². The summed E-state index contributed by atoms with van der Waals surface area (Å²) in [6.45, 7) is 17.1. The number of hydrogen-bond acceptors (Lipinski definition) is 14. The highest BCUT2D eigenvalue weighted by Gasteiger charge is 2.32. The predicted molar refractivity (Wildman–Crippen MR) is 233 cm³/mol. The van der Waals surface area contributed by atoms with Gasteiger partial charge in [0.05, 0.1) is 68.5 Å². The first-order valence-electron chi connectivity index (χ1n) is 18.5. The Labute approximate surface area is 378 Å². The molecule has 2 heterocycles. The molecular formula is C42H48Cl4N4O12. The third-order valence-corrected chi connectivity index (χ3v) is 8.32. The highest BCUT2D eigenvalue weighted by atomic mass is 35.5. The lowest BCUT2D eigenvalue weighted by molar-refractivity contribution is -0.157. The van der Waals surface area contributed by atoms with E-state index in [0.717, 1.165) is 0 Å². The van der Waals surface area contributed by atoms with Gasteiger partial charge in [0.2, 0.25) is 5.89 Å². The number of aldehydes is 1. The summed E-state index contributed by atoms with van der Waals surface area (Å²) in [7, 11) is 0. The van der Waals surface area contributed by atoms with E-state index in [9.17, 15) is 29.1 Å². The number of aliphatic hydroxyl groups is 1. The molecule has 0 bridgehead atoms. The van der Waals surface area contributed by atoms with E-state index >= 15 is 0 Å². The molecule has 1 unspecified atom stereocenters. The standard InChI is InChI=1S/C21H24Cl2N2O6.C12H19NO5.C9H5Cl2NO/c1-5-9-29-20(28)25-14(10-16(26)31-21(2,3)4)18(27)19-24-11-15(30-19)17-12(22)7-6-8-13(17)23;1-5-6-17-11(16)13-9(8-14)7-10(15)18-12(2,3)4;10-6-2-1-3-7(11)9(6)8-4-12-5-13-8/h5-8,11,14,18,27H,1,9-10H2,2-4H3,(H,25,28);5,8-9H,1,6-7H2,2-4H3,(H,13,16);1-5H/t14-,18?;9-;/m00./s1. The molecule has 0 radical (unpaired) electrons. The zero-order valence-electron chi connectivity index (χ0n) is 34.7. The molecule has 3 atom stereocenters. The van der Waals surface area contributed by atoms with Crippen LogP contribution in [0.1, 0.15) is 66.4 Å². The summed E-state index contributed by atoms with van der Waals surface area (Å²) in [5.41, 5.74) is -0.289. The van der Waals surface area contributed by atoms with Gasteiger partial charge in [0.1, 0.15) is 30.7 Å². The van der Waals surface area contributed by atoms with E-state index in [-0.39, 0.29) is 37.7 Å². The van der Waals surface area contributed by atoms with Gasteiger partial charge in [0, 0.05) is 0 Å². The maximum Gasteiger partial charge on any atom is 0.408 e. The van der Waals surface area contributed by atoms with Crippen LogP contribution < -0.4 is 10.6 Å². The Morgan fingerprint density at radius 1 is 0.758 bits per heavy atom. The summed E-state index contributed by atoms with van der Waals surface area (Å²) in [4.78, 5) is 65.4. The maximum absolute atomic E-state index is 12.3. The van der Waals surface area contributed by atoms with Crippen molar-refractivity contribution in [1.29, 1.82) is 0 Å². The molecule has 0 saturated carbocycles. The Bertz CT molecular complexity index is 2070. The normalized spacial score (nSPS) is 12.3. The first kappa shape index (κ1) is 52.7. The van der Waals surface area contributed by atoms with Crippen LogP contribution in [0.15, 0.2) is 89.3 Å². The third kappa shape index (κ3) is 19.1. The predicted octanol–water partition coefficient (Wildman–Crippen LogP) is 9.54. The van der Waals surface area contributed by atoms with Crippen LogP contribution in [0.5, 0.6) is 0 Å². The Morgan fingerprint density at radius 3 is 1.66 bits per heavy atom. The van der Waals surface area contributed by atoms with E-state index in [0.29, 0.717) is 43.3 Å².